The SMILES string of the molecule is CC(C)(C)OC(=O)NNC(=S)NCC1CCC(C(=O)O)CC1. The molecule has 0 saturated heterocycles. The Labute approximate surface area is 136 Å². The molecule has 0 aromatic rings. The Hall–Kier alpha value is -1.57. The maximum Gasteiger partial charge on any atom is 0.426 e. The van der Waals surface area contributed by atoms with Crippen molar-refractivity contribution < 1.29 is 19.4 Å². The molecule has 0 atom stereocenters. The first kappa shape index (κ1) is 18.5. The third-order valence-electron chi connectivity index (χ3n) is 3.42. The number of rotatable bonds is 3. The Balaban J connectivity index is 2.16. The second-order valence-corrected chi connectivity index (χ2v) is 6.93. The third-order valence-corrected chi connectivity index (χ3v) is 3.67. The number of hydrazine groups is 1. The number of carbonyl (C=O) groups excluding carboxylic acids is 1. The lowest BCUT2D eigenvalue weighted by molar-refractivity contribution is -0.143. The zero-order chi connectivity index (χ0) is 16.8. The van der Waals surface area contributed by atoms with Gasteiger partial charge >= 0.3 is 12.1 Å². The molecule has 0 aliphatic heterocycles. The number of amides is 1. The topological polar surface area (TPSA) is 99.7 Å². The van der Waals surface area contributed by atoms with Gasteiger partial charge in [0, 0.05) is 6.54 Å². The van der Waals surface area contributed by atoms with Gasteiger partial charge in [-0.3, -0.25) is 10.2 Å². The second-order valence-electron chi connectivity index (χ2n) is 6.52. The number of hydrogen-bond donors (Lipinski definition) is 4. The van der Waals surface area contributed by atoms with Gasteiger partial charge in [-0.1, -0.05) is 0 Å². The highest BCUT2D eigenvalue weighted by Crippen LogP contribution is 2.28. The minimum atomic E-state index is -0.704. The van der Waals surface area contributed by atoms with E-state index in [0.29, 0.717) is 30.4 Å². The van der Waals surface area contributed by atoms with Crippen molar-refractivity contribution in [1.29, 1.82) is 0 Å². The molecular formula is C14H25N3O4S. The lowest BCUT2D eigenvalue weighted by Gasteiger charge is -2.26. The van der Waals surface area contributed by atoms with E-state index >= 15 is 0 Å². The molecule has 4 N–H and O–H groups in total. The van der Waals surface area contributed by atoms with Gasteiger partial charge in [-0.15, -0.1) is 0 Å². The molecule has 1 amide bonds. The van der Waals surface area contributed by atoms with Crippen molar-refractivity contribution in [3.05, 3.63) is 0 Å². The number of aliphatic carboxylic acids is 1. The van der Waals surface area contributed by atoms with Crippen molar-refractivity contribution in [2.75, 3.05) is 6.54 Å². The molecule has 0 aromatic carbocycles. The predicted molar refractivity (Wildman–Crippen MR) is 86.2 cm³/mol. The molecule has 0 unspecified atom stereocenters. The number of carbonyl (C=O) groups is 2. The first-order valence-corrected chi connectivity index (χ1v) is 7.84. The van der Waals surface area contributed by atoms with Gasteiger partial charge in [0.1, 0.15) is 5.60 Å². The van der Waals surface area contributed by atoms with Crippen LogP contribution in [0.3, 0.4) is 0 Å². The maximum absolute atomic E-state index is 11.4. The normalized spacial score (nSPS) is 21.6. The molecule has 0 bridgehead atoms. The highest BCUT2D eigenvalue weighted by molar-refractivity contribution is 7.80. The van der Waals surface area contributed by atoms with Crippen molar-refractivity contribution >= 4 is 29.4 Å². The van der Waals surface area contributed by atoms with Gasteiger partial charge in [0.2, 0.25) is 0 Å². The van der Waals surface area contributed by atoms with Gasteiger partial charge in [-0.05, 0) is 64.6 Å². The number of carboxylic acid groups (broad SMARTS) is 1. The van der Waals surface area contributed by atoms with Gasteiger partial charge < -0.3 is 15.2 Å². The molecular weight excluding hydrogens is 306 g/mol. The number of carboxylic acids is 1. The highest BCUT2D eigenvalue weighted by atomic mass is 32.1. The van der Waals surface area contributed by atoms with E-state index in [0.717, 1.165) is 12.8 Å². The molecule has 0 radical (unpaired) electrons. The van der Waals surface area contributed by atoms with Crippen LogP contribution in [0, 0.1) is 11.8 Å². The summed E-state index contributed by atoms with van der Waals surface area (Å²) in [6, 6.07) is 0. The zero-order valence-corrected chi connectivity index (χ0v) is 14.1. The van der Waals surface area contributed by atoms with E-state index in [-0.39, 0.29) is 5.92 Å². The standard InChI is InChI=1S/C14H25N3O4S/c1-14(2,3)21-13(20)17-16-12(22)15-8-9-4-6-10(7-5-9)11(18)19/h9-10H,4-8H2,1-3H3,(H,17,20)(H,18,19)(H2,15,16,22). The summed E-state index contributed by atoms with van der Waals surface area (Å²) in [4.78, 5) is 22.3. The quantitative estimate of drug-likeness (QED) is 0.462. The lowest BCUT2D eigenvalue weighted by Crippen LogP contribution is -2.49. The van der Waals surface area contributed by atoms with Gasteiger partial charge in [0.25, 0.3) is 0 Å². The van der Waals surface area contributed by atoms with Crippen LogP contribution >= 0.6 is 12.2 Å². The molecule has 1 aliphatic rings. The molecule has 1 aliphatic carbocycles. The van der Waals surface area contributed by atoms with Crippen molar-refractivity contribution in [3.63, 3.8) is 0 Å². The van der Waals surface area contributed by atoms with Crippen LogP contribution in [0.15, 0.2) is 0 Å². The molecule has 126 valence electrons. The molecule has 22 heavy (non-hydrogen) atoms. The third kappa shape index (κ3) is 7.44. The summed E-state index contributed by atoms with van der Waals surface area (Å²) in [7, 11) is 0. The van der Waals surface area contributed by atoms with E-state index in [9.17, 15) is 9.59 Å². The number of ether oxygens (including phenoxy) is 1. The smallest absolute Gasteiger partial charge is 0.426 e. The number of hydrogen-bond acceptors (Lipinski definition) is 4. The summed E-state index contributed by atoms with van der Waals surface area (Å²) < 4.78 is 5.06. The van der Waals surface area contributed by atoms with Crippen LogP contribution in [0.5, 0.6) is 0 Å². The molecule has 1 rings (SSSR count). The predicted octanol–water partition coefficient (Wildman–Crippen LogP) is 1.78. The summed E-state index contributed by atoms with van der Waals surface area (Å²) >= 11 is 5.06. The minimum Gasteiger partial charge on any atom is -0.481 e. The van der Waals surface area contributed by atoms with Crippen LogP contribution in [0.4, 0.5) is 4.79 Å². The van der Waals surface area contributed by atoms with E-state index in [1.807, 2.05) is 0 Å². The summed E-state index contributed by atoms with van der Waals surface area (Å²) in [5.74, 6) is -0.516. The monoisotopic (exact) mass is 331 g/mol. The van der Waals surface area contributed by atoms with Crippen LogP contribution in [-0.4, -0.2) is 34.4 Å². The van der Waals surface area contributed by atoms with E-state index in [1.54, 1.807) is 20.8 Å². The zero-order valence-electron chi connectivity index (χ0n) is 13.3. The largest absolute Gasteiger partial charge is 0.481 e. The average molecular weight is 331 g/mol. The molecule has 7 nitrogen and oxygen atoms in total. The summed E-state index contributed by atoms with van der Waals surface area (Å²) in [5.41, 5.74) is 4.36. The Morgan fingerprint density at radius 2 is 1.77 bits per heavy atom. The van der Waals surface area contributed by atoms with E-state index < -0.39 is 17.7 Å². The first-order valence-electron chi connectivity index (χ1n) is 7.43. The number of nitrogens with one attached hydrogen (secondary N) is 3. The van der Waals surface area contributed by atoms with E-state index in [1.165, 1.54) is 0 Å². The summed E-state index contributed by atoms with van der Waals surface area (Å²) in [5, 5.41) is 12.3. The van der Waals surface area contributed by atoms with Crippen LogP contribution in [0.2, 0.25) is 0 Å². The van der Waals surface area contributed by atoms with Crippen LogP contribution in [-0.2, 0) is 9.53 Å². The molecule has 8 heteroatoms. The second kappa shape index (κ2) is 8.17. The van der Waals surface area contributed by atoms with Crippen molar-refractivity contribution in [2.24, 2.45) is 11.8 Å². The van der Waals surface area contributed by atoms with Crippen molar-refractivity contribution in [2.45, 2.75) is 52.1 Å². The van der Waals surface area contributed by atoms with Crippen molar-refractivity contribution in [1.82, 2.24) is 16.2 Å². The number of thiocarbonyl (C=S) groups is 1. The summed E-state index contributed by atoms with van der Waals surface area (Å²) in [6.45, 7) is 5.98. The van der Waals surface area contributed by atoms with E-state index in [4.69, 9.17) is 22.1 Å². The molecule has 1 fully saturated rings. The molecule has 1 saturated carbocycles. The van der Waals surface area contributed by atoms with Gasteiger partial charge in [0.05, 0.1) is 5.92 Å². The van der Waals surface area contributed by atoms with Crippen LogP contribution < -0.4 is 16.2 Å². The van der Waals surface area contributed by atoms with Crippen molar-refractivity contribution in [3.8, 4) is 0 Å². The first-order chi connectivity index (χ1) is 10.2. The Bertz CT molecular complexity index is 415. The fourth-order valence-corrected chi connectivity index (χ4v) is 2.44. The Morgan fingerprint density at radius 1 is 1.18 bits per heavy atom. The van der Waals surface area contributed by atoms with Crippen LogP contribution in [0.25, 0.3) is 0 Å². The molecule has 0 spiro atoms. The lowest BCUT2D eigenvalue weighted by atomic mass is 9.82. The minimum absolute atomic E-state index is 0.213. The summed E-state index contributed by atoms with van der Waals surface area (Å²) in [6.07, 6.45) is 2.55. The maximum atomic E-state index is 11.4. The Kier molecular flexibility index (Phi) is 6.86. The van der Waals surface area contributed by atoms with Gasteiger partial charge in [-0.2, -0.15) is 0 Å². The fraction of sp³-hybridized carbons (Fsp3) is 0.786. The van der Waals surface area contributed by atoms with Crippen LogP contribution in [0.1, 0.15) is 46.5 Å². The Morgan fingerprint density at radius 3 is 2.27 bits per heavy atom. The fourth-order valence-electron chi connectivity index (χ4n) is 2.31. The highest BCUT2D eigenvalue weighted by Gasteiger charge is 2.25. The van der Waals surface area contributed by atoms with E-state index in [2.05, 4.69) is 16.2 Å². The average Bonchev–Trinajstić information content (AvgIpc) is 2.41. The molecule has 0 heterocycles. The van der Waals surface area contributed by atoms with Gasteiger partial charge in [0.15, 0.2) is 5.11 Å². The van der Waals surface area contributed by atoms with Gasteiger partial charge in [-0.25, -0.2) is 10.2 Å². The molecule has 0 aromatic heterocycles.